The third-order valence-corrected chi connectivity index (χ3v) is 4.32. The summed E-state index contributed by atoms with van der Waals surface area (Å²) in [5, 5.41) is 2.82. The minimum Gasteiger partial charge on any atom is -0.466 e. The fourth-order valence-corrected chi connectivity index (χ4v) is 2.98. The minimum absolute atomic E-state index is 0.150. The van der Waals surface area contributed by atoms with E-state index in [1.54, 1.807) is 25.3 Å². The molecule has 162 valence electrons. The van der Waals surface area contributed by atoms with Crippen LogP contribution in [0.15, 0.2) is 48.8 Å². The van der Waals surface area contributed by atoms with Crippen molar-refractivity contribution in [3.05, 3.63) is 65.6 Å². The second kappa shape index (κ2) is 9.55. The van der Waals surface area contributed by atoms with Crippen LogP contribution in [-0.4, -0.2) is 27.5 Å². The number of benzene rings is 1. The van der Waals surface area contributed by atoms with Crippen molar-refractivity contribution in [3.8, 4) is 11.3 Å². The Labute approximate surface area is 177 Å². The van der Waals surface area contributed by atoms with Gasteiger partial charge in [-0.25, -0.2) is 9.97 Å². The van der Waals surface area contributed by atoms with Gasteiger partial charge >= 0.3 is 12.1 Å². The molecule has 0 aliphatic heterocycles. The highest BCUT2D eigenvalue weighted by Crippen LogP contribution is 2.29. The highest BCUT2D eigenvalue weighted by Gasteiger charge is 2.32. The Morgan fingerprint density at radius 3 is 2.61 bits per heavy atom. The maximum Gasteiger partial charge on any atom is 0.433 e. The van der Waals surface area contributed by atoms with Crippen LogP contribution in [0.3, 0.4) is 0 Å². The molecule has 6 nitrogen and oxygen atoms in total. The Morgan fingerprint density at radius 2 is 1.87 bits per heavy atom. The van der Waals surface area contributed by atoms with Gasteiger partial charge in [0, 0.05) is 30.1 Å². The van der Waals surface area contributed by atoms with E-state index < -0.39 is 11.9 Å². The van der Waals surface area contributed by atoms with E-state index in [2.05, 4.69) is 20.3 Å². The number of carbonyl (C=O) groups is 1. The number of hydrogen-bond acceptors (Lipinski definition) is 6. The summed E-state index contributed by atoms with van der Waals surface area (Å²) in [6.45, 7) is 3.97. The summed E-state index contributed by atoms with van der Waals surface area (Å²) in [5.41, 5.74) is 2.77. The molecule has 0 saturated heterocycles. The lowest BCUT2D eigenvalue weighted by Gasteiger charge is -2.11. The van der Waals surface area contributed by atoms with Crippen molar-refractivity contribution < 1.29 is 22.7 Å². The number of anilines is 2. The van der Waals surface area contributed by atoms with Crippen molar-refractivity contribution in [2.24, 2.45) is 0 Å². The number of aromatic nitrogens is 3. The summed E-state index contributed by atoms with van der Waals surface area (Å²) >= 11 is 0. The van der Waals surface area contributed by atoms with E-state index >= 15 is 0 Å². The quantitative estimate of drug-likeness (QED) is 0.525. The molecule has 0 aliphatic carbocycles. The largest absolute Gasteiger partial charge is 0.466 e. The molecule has 0 aliphatic rings. The summed E-state index contributed by atoms with van der Waals surface area (Å²) in [5.74, 6) is -0.411. The van der Waals surface area contributed by atoms with Gasteiger partial charge in [0.2, 0.25) is 5.95 Å². The van der Waals surface area contributed by atoms with Crippen molar-refractivity contribution in [3.63, 3.8) is 0 Å². The van der Waals surface area contributed by atoms with E-state index in [0.717, 1.165) is 29.0 Å². The van der Waals surface area contributed by atoms with Crippen LogP contribution in [0.1, 0.15) is 30.2 Å². The number of carbonyl (C=O) groups excluding carboxylic acids is 1. The third kappa shape index (κ3) is 6.24. The summed E-state index contributed by atoms with van der Waals surface area (Å²) in [6.07, 6.45) is -1.05. The zero-order chi connectivity index (χ0) is 22.4. The van der Waals surface area contributed by atoms with Crippen LogP contribution in [-0.2, 0) is 22.1 Å². The first-order chi connectivity index (χ1) is 14.7. The first-order valence-corrected chi connectivity index (χ1v) is 9.64. The number of nitrogens with one attached hydrogen (secondary N) is 1. The molecule has 31 heavy (non-hydrogen) atoms. The standard InChI is InChI=1S/C22H21F3N4O2/c1-3-31-20(30)5-4-15-6-8-26-18(12-15)16-10-14(2)11-17(13-16)28-21-27-9-7-19(29-21)22(23,24)25/h6-13H,3-5H2,1-2H3,(H,27,28,29). The Bertz CT molecular complexity index is 1070. The van der Waals surface area contributed by atoms with Gasteiger partial charge in [-0.3, -0.25) is 9.78 Å². The zero-order valence-corrected chi connectivity index (χ0v) is 17.0. The van der Waals surface area contributed by atoms with Gasteiger partial charge < -0.3 is 10.1 Å². The van der Waals surface area contributed by atoms with Crippen LogP contribution < -0.4 is 5.32 Å². The number of nitrogens with zero attached hydrogens (tertiary/aromatic N) is 3. The number of rotatable bonds is 7. The van der Waals surface area contributed by atoms with Gasteiger partial charge in [-0.15, -0.1) is 0 Å². The number of hydrogen-bond donors (Lipinski definition) is 1. The number of esters is 1. The van der Waals surface area contributed by atoms with Crippen LogP contribution in [0.5, 0.6) is 0 Å². The maximum atomic E-state index is 12.9. The Kier molecular flexibility index (Phi) is 6.84. The van der Waals surface area contributed by atoms with E-state index in [4.69, 9.17) is 4.74 Å². The van der Waals surface area contributed by atoms with Gasteiger partial charge in [0.25, 0.3) is 0 Å². The molecule has 0 atom stereocenters. The van der Waals surface area contributed by atoms with E-state index in [-0.39, 0.29) is 18.3 Å². The monoisotopic (exact) mass is 430 g/mol. The first-order valence-electron chi connectivity index (χ1n) is 9.64. The maximum absolute atomic E-state index is 12.9. The Morgan fingerprint density at radius 1 is 1.10 bits per heavy atom. The molecular formula is C22H21F3N4O2. The molecule has 2 aromatic heterocycles. The molecule has 0 fully saturated rings. The fourth-order valence-electron chi connectivity index (χ4n) is 2.98. The molecule has 3 aromatic rings. The zero-order valence-electron chi connectivity index (χ0n) is 17.0. The lowest BCUT2D eigenvalue weighted by atomic mass is 10.0. The molecule has 1 N–H and O–H groups in total. The van der Waals surface area contributed by atoms with Crippen LogP contribution in [0.2, 0.25) is 0 Å². The van der Waals surface area contributed by atoms with E-state index in [1.165, 1.54) is 0 Å². The second-order valence-corrected chi connectivity index (χ2v) is 6.83. The van der Waals surface area contributed by atoms with Gasteiger partial charge in [-0.05, 0) is 67.8 Å². The summed E-state index contributed by atoms with van der Waals surface area (Å²) in [6, 6.07) is 9.97. The Hall–Kier alpha value is -3.49. The van der Waals surface area contributed by atoms with E-state index in [9.17, 15) is 18.0 Å². The van der Waals surface area contributed by atoms with Gasteiger partial charge in [0.15, 0.2) is 0 Å². The van der Waals surface area contributed by atoms with Gasteiger partial charge in [-0.1, -0.05) is 0 Å². The molecule has 0 bridgehead atoms. The van der Waals surface area contributed by atoms with Gasteiger partial charge in [-0.2, -0.15) is 13.2 Å². The first kappa shape index (κ1) is 22.2. The van der Waals surface area contributed by atoms with Gasteiger partial charge in [0.1, 0.15) is 5.69 Å². The SMILES string of the molecule is CCOC(=O)CCc1ccnc(-c2cc(C)cc(Nc3nccc(C(F)(F)F)n3)c2)c1. The van der Waals surface area contributed by atoms with Crippen molar-refractivity contribution in [2.45, 2.75) is 32.9 Å². The van der Waals surface area contributed by atoms with Crippen molar-refractivity contribution in [2.75, 3.05) is 11.9 Å². The Balaban J connectivity index is 1.82. The number of halogens is 3. The highest BCUT2D eigenvalue weighted by molar-refractivity contribution is 5.71. The molecular weight excluding hydrogens is 409 g/mol. The van der Waals surface area contributed by atoms with Crippen LogP contribution in [0, 0.1) is 6.92 Å². The molecule has 0 spiro atoms. The average molecular weight is 430 g/mol. The summed E-state index contributed by atoms with van der Waals surface area (Å²) < 4.78 is 43.6. The average Bonchev–Trinajstić information content (AvgIpc) is 2.72. The number of ether oxygens (including phenoxy) is 1. The molecule has 0 radical (unpaired) electrons. The highest BCUT2D eigenvalue weighted by atomic mass is 19.4. The number of aryl methyl sites for hydroxylation is 2. The predicted molar refractivity (Wildman–Crippen MR) is 110 cm³/mol. The molecule has 0 amide bonds. The van der Waals surface area contributed by atoms with E-state index in [0.29, 0.717) is 24.4 Å². The topological polar surface area (TPSA) is 77.0 Å². The molecule has 1 aromatic carbocycles. The lowest BCUT2D eigenvalue weighted by Crippen LogP contribution is -2.10. The summed E-state index contributed by atoms with van der Waals surface area (Å²) in [7, 11) is 0. The lowest BCUT2D eigenvalue weighted by molar-refractivity contribution is -0.143. The van der Waals surface area contributed by atoms with Crippen molar-refractivity contribution in [1.29, 1.82) is 0 Å². The second-order valence-electron chi connectivity index (χ2n) is 6.83. The fraction of sp³-hybridized carbons (Fsp3) is 0.273. The normalized spacial score (nSPS) is 11.3. The molecule has 3 rings (SSSR count). The number of alkyl halides is 3. The van der Waals surface area contributed by atoms with Crippen molar-refractivity contribution >= 4 is 17.6 Å². The number of pyridine rings is 1. The summed E-state index contributed by atoms with van der Waals surface area (Å²) in [4.78, 5) is 23.4. The van der Waals surface area contributed by atoms with E-state index in [1.807, 2.05) is 25.1 Å². The van der Waals surface area contributed by atoms with Crippen LogP contribution in [0.25, 0.3) is 11.3 Å². The predicted octanol–water partition coefficient (Wildman–Crippen LogP) is 5.11. The molecule has 0 saturated carbocycles. The van der Waals surface area contributed by atoms with Crippen LogP contribution in [0.4, 0.5) is 24.8 Å². The van der Waals surface area contributed by atoms with Gasteiger partial charge in [0.05, 0.1) is 12.3 Å². The molecule has 9 heteroatoms. The smallest absolute Gasteiger partial charge is 0.433 e. The van der Waals surface area contributed by atoms with Crippen molar-refractivity contribution in [1.82, 2.24) is 15.0 Å². The molecule has 2 heterocycles. The van der Waals surface area contributed by atoms with Crippen LogP contribution >= 0.6 is 0 Å². The minimum atomic E-state index is -4.55. The third-order valence-electron chi connectivity index (χ3n) is 4.32. The molecule has 0 unspecified atom stereocenters.